The first-order valence-corrected chi connectivity index (χ1v) is 9.40. The molecule has 0 bridgehead atoms. The highest BCUT2D eigenvalue weighted by molar-refractivity contribution is 6.02. The summed E-state index contributed by atoms with van der Waals surface area (Å²) in [6.07, 6.45) is 3.04. The largest absolute Gasteiger partial charge is 0.493 e. The minimum Gasteiger partial charge on any atom is -0.493 e. The Balaban J connectivity index is 1.73. The molecular formula is C23H22FN3O4. The van der Waals surface area contributed by atoms with Gasteiger partial charge in [-0.2, -0.15) is 9.97 Å². The summed E-state index contributed by atoms with van der Waals surface area (Å²) < 4.78 is 29.7. The van der Waals surface area contributed by atoms with Gasteiger partial charge in [-0.3, -0.25) is 4.79 Å². The number of anilines is 1. The molecule has 160 valence electrons. The molecule has 1 N–H and O–H groups in total. The van der Waals surface area contributed by atoms with E-state index in [1.165, 1.54) is 18.2 Å². The summed E-state index contributed by atoms with van der Waals surface area (Å²) in [5.41, 5.74) is 2.22. The molecule has 3 aromatic rings. The summed E-state index contributed by atoms with van der Waals surface area (Å²) >= 11 is 0. The van der Waals surface area contributed by atoms with Gasteiger partial charge in [-0.05, 0) is 49.8 Å². The van der Waals surface area contributed by atoms with Crippen LogP contribution in [0.25, 0.3) is 6.08 Å². The van der Waals surface area contributed by atoms with Gasteiger partial charge in [0.1, 0.15) is 0 Å². The molecule has 1 aromatic heterocycles. The monoisotopic (exact) mass is 423 g/mol. The Bertz CT molecular complexity index is 1110. The number of aryl methyl sites for hydroxylation is 2. The summed E-state index contributed by atoms with van der Waals surface area (Å²) in [5.74, 6) is 0.322. The number of ether oxygens (including phenoxy) is 3. The van der Waals surface area contributed by atoms with E-state index in [1.54, 1.807) is 64.5 Å². The zero-order chi connectivity index (χ0) is 22.4. The first-order valence-electron chi connectivity index (χ1n) is 9.40. The minimum absolute atomic E-state index is 0.000955. The molecule has 8 heteroatoms. The van der Waals surface area contributed by atoms with E-state index in [0.717, 1.165) is 5.56 Å². The third-order valence-corrected chi connectivity index (χ3v) is 4.37. The van der Waals surface area contributed by atoms with Gasteiger partial charge in [0.2, 0.25) is 5.91 Å². The summed E-state index contributed by atoms with van der Waals surface area (Å²) in [6.45, 7) is 3.41. The number of methoxy groups -OCH3 is 2. The van der Waals surface area contributed by atoms with Crippen molar-refractivity contribution in [3.05, 3.63) is 71.3 Å². The van der Waals surface area contributed by atoms with Gasteiger partial charge >= 0.3 is 6.01 Å². The Labute approximate surface area is 179 Å². The highest BCUT2D eigenvalue weighted by Crippen LogP contribution is 2.28. The number of aromatic nitrogens is 2. The highest BCUT2D eigenvalue weighted by atomic mass is 19.1. The average molecular weight is 423 g/mol. The number of nitrogens with one attached hydrogen (secondary N) is 1. The molecule has 1 amide bonds. The Morgan fingerprint density at radius 1 is 0.968 bits per heavy atom. The van der Waals surface area contributed by atoms with Crippen LogP contribution >= 0.6 is 0 Å². The fourth-order valence-corrected chi connectivity index (χ4v) is 2.83. The second-order valence-corrected chi connectivity index (χ2v) is 6.52. The first-order chi connectivity index (χ1) is 14.9. The summed E-state index contributed by atoms with van der Waals surface area (Å²) in [7, 11) is 3.10. The number of benzene rings is 2. The molecule has 0 saturated carbocycles. The molecule has 0 saturated heterocycles. The van der Waals surface area contributed by atoms with Crippen molar-refractivity contribution in [2.45, 2.75) is 13.8 Å². The van der Waals surface area contributed by atoms with Crippen molar-refractivity contribution in [2.24, 2.45) is 0 Å². The maximum Gasteiger partial charge on any atom is 0.322 e. The number of halogens is 1. The van der Waals surface area contributed by atoms with Crippen LogP contribution in [-0.4, -0.2) is 30.1 Å². The lowest BCUT2D eigenvalue weighted by molar-refractivity contribution is -0.111. The van der Waals surface area contributed by atoms with Gasteiger partial charge in [0.25, 0.3) is 0 Å². The second-order valence-electron chi connectivity index (χ2n) is 6.52. The van der Waals surface area contributed by atoms with Crippen LogP contribution in [0.4, 0.5) is 10.1 Å². The zero-order valence-electron chi connectivity index (χ0n) is 17.6. The Kier molecular flexibility index (Phi) is 6.81. The van der Waals surface area contributed by atoms with E-state index >= 15 is 0 Å². The van der Waals surface area contributed by atoms with E-state index in [0.29, 0.717) is 28.6 Å². The van der Waals surface area contributed by atoms with E-state index in [4.69, 9.17) is 14.2 Å². The van der Waals surface area contributed by atoms with Gasteiger partial charge in [-0.15, -0.1) is 0 Å². The van der Waals surface area contributed by atoms with Crippen LogP contribution in [0.3, 0.4) is 0 Å². The lowest BCUT2D eigenvalue weighted by Crippen LogP contribution is -2.12. The molecule has 2 aromatic carbocycles. The molecule has 1 heterocycles. The third kappa shape index (κ3) is 5.36. The standard InChI is InChI=1S/C23H22FN3O4/c1-14-22(15(2)26-23(25-14)31-18-8-6-5-7-17(18)24)27-21(28)12-10-16-9-11-19(29-3)20(13-16)30-4/h5-13H,1-4H3,(H,27,28)/b12-10+. The van der Waals surface area contributed by atoms with Gasteiger partial charge in [-0.1, -0.05) is 18.2 Å². The van der Waals surface area contributed by atoms with Crippen LogP contribution in [0.2, 0.25) is 0 Å². The molecule has 0 aliphatic rings. The smallest absolute Gasteiger partial charge is 0.322 e. The molecular weight excluding hydrogens is 401 g/mol. The molecule has 0 aliphatic heterocycles. The van der Waals surface area contributed by atoms with Gasteiger partial charge in [0, 0.05) is 6.08 Å². The third-order valence-electron chi connectivity index (χ3n) is 4.37. The van der Waals surface area contributed by atoms with Crippen LogP contribution in [0.15, 0.2) is 48.5 Å². The van der Waals surface area contributed by atoms with Crippen molar-refractivity contribution in [3.63, 3.8) is 0 Å². The molecule has 7 nitrogen and oxygen atoms in total. The number of carbonyl (C=O) groups is 1. The van der Waals surface area contributed by atoms with Crippen molar-refractivity contribution in [1.29, 1.82) is 0 Å². The lowest BCUT2D eigenvalue weighted by atomic mass is 10.2. The highest BCUT2D eigenvalue weighted by Gasteiger charge is 2.13. The fraction of sp³-hybridized carbons (Fsp3) is 0.174. The number of amides is 1. The molecule has 0 fully saturated rings. The number of para-hydroxylation sites is 1. The Morgan fingerprint density at radius 3 is 2.29 bits per heavy atom. The number of hydrogen-bond acceptors (Lipinski definition) is 6. The molecule has 0 aliphatic carbocycles. The molecule has 0 spiro atoms. The van der Waals surface area contributed by atoms with Crippen molar-refractivity contribution >= 4 is 17.7 Å². The topological polar surface area (TPSA) is 82.6 Å². The van der Waals surface area contributed by atoms with E-state index < -0.39 is 5.82 Å². The number of rotatable bonds is 7. The SMILES string of the molecule is COc1ccc(/C=C/C(=O)Nc2c(C)nc(Oc3ccccc3F)nc2C)cc1OC. The number of hydrogen-bond donors (Lipinski definition) is 1. The van der Waals surface area contributed by atoms with Crippen molar-refractivity contribution < 1.29 is 23.4 Å². The average Bonchev–Trinajstić information content (AvgIpc) is 2.76. The van der Waals surface area contributed by atoms with Crippen LogP contribution in [0, 0.1) is 19.7 Å². The van der Waals surface area contributed by atoms with Crippen LogP contribution in [-0.2, 0) is 4.79 Å². The normalized spacial score (nSPS) is 10.7. The molecule has 31 heavy (non-hydrogen) atoms. The van der Waals surface area contributed by atoms with E-state index in [-0.39, 0.29) is 17.7 Å². The van der Waals surface area contributed by atoms with Crippen molar-refractivity contribution in [3.8, 4) is 23.3 Å². The predicted molar refractivity (Wildman–Crippen MR) is 115 cm³/mol. The van der Waals surface area contributed by atoms with Crippen LogP contribution in [0.5, 0.6) is 23.3 Å². The first kappa shape index (κ1) is 21.8. The fourth-order valence-electron chi connectivity index (χ4n) is 2.83. The molecule has 3 rings (SSSR count). The van der Waals surface area contributed by atoms with Crippen LogP contribution in [0.1, 0.15) is 17.0 Å². The predicted octanol–water partition coefficient (Wildman–Crippen LogP) is 4.69. The summed E-state index contributed by atoms with van der Waals surface area (Å²) in [5, 5.41) is 2.77. The van der Waals surface area contributed by atoms with Gasteiger partial charge in [-0.25, -0.2) is 4.39 Å². The minimum atomic E-state index is -0.515. The van der Waals surface area contributed by atoms with Gasteiger partial charge in [0.05, 0.1) is 31.3 Å². The second kappa shape index (κ2) is 9.71. The lowest BCUT2D eigenvalue weighted by Gasteiger charge is -2.12. The van der Waals surface area contributed by atoms with Gasteiger partial charge in [0.15, 0.2) is 23.1 Å². The molecule has 0 atom stereocenters. The maximum absolute atomic E-state index is 13.8. The van der Waals surface area contributed by atoms with E-state index in [1.807, 2.05) is 0 Å². The molecule has 0 radical (unpaired) electrons. The number of carbonyl (C=O) groups excluding carboxylic acids is 1. The van der Waals surface area contributed by atoms with E-state index in [2.05, 4.69) is 15.3 Å². The molecule has 0 unspecified atom stereocenters. The Morgan fingerprint density at radius 2 is 1.65 bits per heavy atom. The van der Waals surface area contributed by atoms with Crippen molar-refractivity contribution in [1.82, 2.24) is 9.97 Å². The van der Waals surface area contributed by atoms with Crippen LogP contribution < -0.4 is 19.5 Å². The van der Waals surface area contributed by atoms with Crippen molar-refractivity contribution in [2.75, 3.05) is 19.5 Å². The zero-order valence-corrected chi connectivity index (χ0v) is 17.6. The van der Waals surface area contributed by atoms with E-state index in [9.17, 15) is 9.18 Å². The van der Waals surface area contributed by atoms with Gasteiger partial charge < -0.3 is 19.5 Å². The Hall–Kier alpha value is -3.94. The summed E-state index contributed by atoms with van der Waals surface area (Å²) in [4.78, 5) is 20.8. The quantitative estimate of drug-likeness (QED) is 0.555. The number of nitrogens with zero attached hydrogens (tertiary/aromatic N) is 2. The maximum atomic E-state index is 13.8. The summed E-state index contributed by atoms with van der Waals surface area (Å²) in [6, 6.07) is 11.3.